The molecule has 1 aliphatic heterocycles. The summed E-state index contributed by atoms with van der Waals surface area (Å²) in [5.74, 6) is -6.40. The van der Waals surface area contributed by atoms with E-state index in [0.717, 1.165) is 5.03 Å². The van der Waals surface area contributed by atoms with Crippen LogP contribution in [0.3, 0.4) is 0 Å². The number of nitrogens with zero attached hydrogens (tertiary/aromatic N) is 1. The normalized spacial score (nSPS) is 30.0. The number of ketones is 2. The maximum absolute atomic E-state index is 15.6. The van der Waals surface area contributed by atoms with Crippen molar-refractivity contribution in [3.8, 4) is 0 Å². The van der Waals surface area contributed by atoms with Crippen LogP contribution in [-0.4, -0.2) is 119 Å². The van der Waals surface area contributed by atoms with Crippen molar-refractivity contribution in [2.75, 3.05) is 26.6 Å². The van der Waals surface area contributed by atoms with E-state index < -0.39 is 112 Å². The Morgan fingerprint density at radius 3 is 2.20 bits per heavy atom. The number of benzene rings is 2. The number of pyridine rings is 1. The Morgan fingerprint density at radius 1 is 0.943 bits per heavy atom. The topological polar surface area (TPSA) is 212 Å². The summed E-state index contributed by atoms with van der Waals surface area (Å²) in [4.78, 5) is 91.8. The van der Waals surface area contributed by atoms with Gasteiger partial charge in [0.1, 0.15) is 46.2 Å². The Hall–Kier alpha value is -5.11. The maximum atomic E-state index is 15.6. The van der Waals surface area contributed by atoms with Gasteiger partial charge in [-0.05, 0) is 94.2 Å². The molecule has 0 spiro atoms. The van der Waals surface area contributed by atoms with E-state index in [1.54, 1.807) is 89.3 Å². The molecule has 11 atom stereocenters. The van der Waals surface area contributed by atoms with E-state index >= 15 is 9.59 Å². The van der Waals surface area contributed by atoms with Gasteiger partial charge >= 0.3 is 24.0 Å². The molecular weight excluding hydrogens is 941 g/mol. The maximum Gasteiger partial charge on any atom is 0.408 e. The molecule has 70 heavy (non-hydrogen) atoms. The molecule has 0 radical (unpaired) electrons. The molecule has 4 aliphatic rings. The van der Waals surface area contributed by atoms with Crippen molar-refractivity contribution in [2.24, 2.45) is 17.3 Å². The van der Waals surface area contributed by atoms with Crippen molar-refractivity contribution in [1.29, 1.82) is 0 Å². The van der Waals surface area contributed by atoms with Gasteiger partial charge < -0.3 is 43.6 Å². The highest BCUT2D eigenvalue weighted by atomic mass is 33.1. The van der Waals surface area contributed by atoms with Gasteiger partial charge in [0, 0.05) is 57.9 Å². The number of amides is 1. The molecule has 3 aliphatic carbocycles. The summed E-state index contributed by atoms with van der Waals surface area (Å²) in [7, 11) is 5.66. The fourth-order valence-electron chi connectivity index (χ4n) is 11.1. The molecule has 1 saturated heterocycles. The number of nitrogens with one attached hydrogen (secondary N) is 1. The second-order valence-electron chi connectivity index (χ2n) is 19.6. The fourth-order valence-corrected chi connectivity index (χ4v) is 13.1. The molecular formula is C52H62N2O14S2. The Labute approximate surface area is 416 Å². The van der Waals surface area contributed by atoms with Gasteiger partial charge in [0.25, 0.3) is 0 Å². The largest absolute Gasteiger partial charge is 0.457 e. The predicted molar refractivity (Wildman–Crippen MR) is 258 cm³/mol. The number of carbonyl (C=O) groups excluding carboxylic acids is 6. The third-order valence-electron chi connectivity index (χ3n) is 14.1. The first-order chi connectivity index (χ1) is 33.1. The van der Waals surface area contributed by atoms with Gasteiger partial charge in [0.05, 0.1) is 35.6 Å². The lowest BCUT2D eigenvalue weighted by molar-refractivity contribution is -0.356. The minimum atomic E-state index is -2.31. The van der Waals surface area contributed by atoms with Crippen molar-refractivity contribution < 1.29 is 67.0 Å². The molecule has 2 saturated carbocycles. The number of ether oxygens (including phenoxy) is 7. The molecule has 376 valence electrons. The average Bonchev–Trinajstić information content (AvgIpc) is 3.33. The van der Waals surface area contributed by atoms with Gasteiger partial charge in [-0.15, -0.1) is 0 Å². The van der Waals surface area contributed by atoms with Crippen LogP contribution in [0.15, 0.2) is 101 Å². The highest BCUT2D eigenvalue weighted by molar-refractivity contribution is 8.76. The molecule has 18 heteroatoms. The number of Topliss-reactive ketones (excluding diaryl/α,β-unsaturated/α-hetero) is 2. The zero-order valence-corrected chi connectivity index (χ0v) is 42.5. The second kappa shape index (κ2) is 20.9. The van der Waals surface area contributed by atoms with E-state index in [0.29, 0.717) is 17.7 Å². The van der Waals surface area contributed by atoms with Gasteiger partial charge in [-0.2, -0.15) is 0 Å². The number of aliphatic hydroxyl groups is 1. The number of fused-ring (bicyclic) bond motifs is 6. The number of aromatic nitrogens is 1. The summed E-state index contributed by atoms with van der Waals surface area (Å²) in [6.45, 7) is 10.6. The summed E-state index contributed by atoms with van der Waals surface area (Å²) in [6.07, 6.45) is -4.22. The number of methoxy groups -OCH3 is 2. The fraction of sp³-hybridized carbons (Fsp3) is 0.519. The van der Waals surface area contributed by atoms with Gasteiger partial charge in [-0.3, -0.25) is 19.2 Å². The Bertz CT molecular complexity index is 2470. The zero-order valence-electron chi connectivity index (χ0n) is 40.9. The highest BCUT2D eigenvalue weighted by Crippen LogP contribution is 2.67. The molecule has 0 unspecified atom stereocenters. The molecule has 2 bridgehead atoms. The number of carbonyl (C=O) groups is 6. The SMILES string of the molecule is CO[C@H]1C(=O)[C@]2(C)[C@@H](OC)C[C@H]3OC[C@@]3(OC(C)=O)[C@H]2[C@@]2(OC(=O)c3ccccc3)C[C@H](OC(=O)[C@H](C(=O)CCCSSc3ccccn3)[C@@H](NC(=O)OC(C)(C)C)c3ccccc3)C(C)=C1[C@@]2(C)O. The standard InChI is InChI=1S/C52H62N2O14S2/c1-30-35(65-45(59)39(34(56)23-18-26-69-70-38-24-16-17-25-53-38)41(32-19-12-10-13-20-32)54-47(60)68-48(3,4)5)28-52(67-44(58)33-21-14-11-15-22-33)46-49(6,43(57)42(63-9)40(30)50(52,7)61)36(62-8)27-37-51(46,29-64-37)66-31(2)55/h10-17,19-22,24-25,35-37,39,41-42,46,61H,18,23,26-29H2,1-9H3,(H,54,60)/t35-,36-,37+,39+,41-,42+,46-,49-,50+,51-,52-/m0/s1. The molecule has 3 aromatic rings. The van der Waals surface area contributed by atoms with Crippen LogP contribution in [0.5, 0.6) is 0 Å². The summed E-state index contributed by atoms with van der Waals surface area (Å²) in [6, 6.07) is 20.8. The number of hydrogen-bond acceptors (Lipinski definition) is 17. The minimum Gasteiger partial charge on any atom is -0.457 e. The monoisotopic (exact) mass is 1000 g/mol. The second-order valence-corrected chi connectivity index (χ2v) is 22.0. The van der Waals surface area contributed by atoms with Crippen molar-refractivity contribution in [3.05, 3.63) is 107 Å². The van der Waals surface area contributed by atoms with Crippen LogP contribution in [0.2, 0.25) is 0 Å². The summed E-state index contributed by atoms with van der Waals surface area (Å²) in [5, 5.41) is 17.1. The lowest BCUT2D eigenvalue weighted by atomic mass is 9.47. The van der Waals surface area contributed by atoms with Crippen molar-refractivity contribution in [3.63, 3.8) is 0 Å². The van der Waals surface area contributed by atoms with E-state index in [-0.39, 0.29) is 36.2 Å². The predicted octanol–water partition coefficient (Wildman–Crippen LogP) is 7.37. The van der Waals surface area contributed by atoms with Crippen LogP contribution in [0.1, 0.15) is 96.1 Å². The van der Waals surface area contributed by atoms with Gasteiger partial charge in [-0.25, -0.2) is 14.6 Å². The Kier molecular flexibility index (Phi) is 15.8. The van der Waals surface area contributed by atoms with Crippen LogP contribution in [-0.2, 0) is 52.3 Å². The van der Waals surface area contributed by atoms with Gasteiger partial charge in [-0.1, -0.05) is 65.4 Å². The molecule has 7 rings (SSSR count). The summed E-state index contributed by atoms with van der Waals surface area (Å²) < 4.78 is 43.5. The zero-order chi connectivity index (χ0) is 50.8. The van der Waals surface area contributed by atoms with E-state index in [4.69, 9.17) is 33.2 Å². The third-order valence-corrected chi connectivity index (χ3v) is 16.4. The molecule has 16 nitrogen and oxygen atoms in total. The Morgan fingerprint density at radius 2 is 1.61 bits per heavy atom. The van der Waals surface area contributed by atoms with Gasteiger partial charge in [0.15, 0.2) is 17.0 Å². The number of hydrogen-bond donors (Lipinski definition) is 2. The summed E-state index contributed by atoms with van der Waals surface area (Å²) >= 11 is 0. The van der Waals surface area contributed by atoms with E-state index in [1.807, 2.05) is 18.2 Å². The first-order valence-corrected chi connectivity index (χ1v) is 25.6. The molecule has 3 fully saturated rings. The van der Waals surface area contributed by atoms with Crippen LogP contribution in [0, 0.1) is 17.3 Å². The van der Waals surface area contributed by atoms with Crippen LogP contribution in [0.25, 0.3) is 0 Å². The Balaban J connectivity index is 1.37. The molecule has 2 N–H and O–H groups in total. The van der Waals surface area contributed by atoms with E-state index in [2.05, 4.69) is 10.3 Å². The smallest absolute Gasteiger partial charge is 0.408 e. The van der Waals surface area contributed by atoms with Crippen molar-refractivity contribution >= 4 is 57.2 Å². The quantitative estimate of drug-likeness (QED) is 0.0337. The van der Waals surface area contributed by atoms with Gasteiger partial charge in [0.2, 0.25) is 0 Å². The summed E-state index contributed by atoms with van der Waals surface area (Å²) in [5.41, 5.74) is -8.35. The lowest BCUT2D eigenvalue weighted by Crippen LogP contribution is -2.82. The molecule has 2 heterocycles. The molecule has 2 aromatic carbocycles. The first kappa shape index (κ1) is 52.7. The lowest BCUT2D eigenvalue weighted by Gasteiger charge is -2.67. The first-order valence-electron chi connectivity index (χ1n) is 23.3. The van der Waals surface area contributed by atoms with Crippen LogP contribution >= 0.6 is 21.6 Å². The average molecular weight is 1000 g/mol. The number of esters is 3. The van der Waals surface area contributed by atoms with Crippen LogP contribution < -0.4 is 5.32 Å². The van der Waals surface area contributed by atoms with Crippen molar-refractivity contribution in [1.82, 2.24) is 10.3 Å². The molecule has 1 aromatic heterocycles. The number of alkyl carbamates (subject to hydrolysis) is 1. The molecule has 1 amide bonds. The third kappa shape index (κ3) is 9.91. The van der Waals surface area contributed by atoms with Crippen molar-refractivity contribution in [2.45, 2.75) is 132 Å². The highest BCUT2D eigenvalue weighted by Gasteiger charge is 2.82. The van der Waals surface area contributed by atoms with Crippen LogP contribution in [0.4, 0.5) is 4.79 Å². The van der Waals surface area contributed by atoms with E-state index in [1.165, 1.54) is 61.8 Å². The van der Waals surface area contributed by atoms with E-state index in [9.17, 15) is 24.3 Å². The minimum absolute atomic E-state index is 0.0537. The number of rotatable bonds is 17.